The zero-order valence-electron chi connectivity index (χ0n) is 15.0. The second kappa shape index (κ2) is 7.69. The van der Waals surface area contributed by atoms with E-state index in [4.69, 9.17) is 32.7 Å². The standard InChI is InChI=1S/C18H11Cl2FN2O5S2/c1-27-16-11(19)2-8-3-14(16)30(25,26)23-12-5-13(29-17(12)20)10-6-22-15(21)4-9(10)7-28-18(8)24/h2-6,23H,7H2,1H3. The summed E-state index contributed by atoms with van der Waals surface area (Å²) in [6.45, 7) is -0.280. The van der Waals surface area contributed by atoms with Gasteiger partial charge in [-0.05, 0) is 18.2 Å². The van der Waals surface area contributed by atoms with Crippen LogP contribution in [0.4, 0.5) is 10.1 Å². The molecule has 3 heterocycles. The van der Waals surface area contributed by atoms with Crippen LogP contribution in [0.15, 0.2) is 35.4 Å². The van der Waals surface area contributed by atoms with Crippen LogP contribution in [0.2, 0.25) is 9.36 Å². The van der Waals surface area contributed by atoms with E-state index in [-0.39, 0.29) is 37.9 Å². The third-order valence-corrected chi connectivity index (χ3v) is 7.29. The number of nitrogens with zero attached hydrogens (tertiary/aromatic N) is 1. The largest absolute Gasteiger partial charge is 0.494 e. The van der Waals surface area contributed by atoms with Crippen LogP contribution in [0.5, 0.6) is 5.75 Å². The zero-order valence-corrected chi connectivity index (χ0v) is 18.2. The highest BCUT2D eigenvalue weighted by Gasteiger charge is 2.27. The molecule has 0 saturated carbocycles. The Labute approximate surface area is 184 Å². The molecule has 1 aliphatic rings. The van der Waals surface area contributed by atoms with Gasteiger partial charge in [0.15, 0.2) is 5.75 Å². The van der Waals surface area contributed by atoms with Gasteiger partial charge in [-0.1, -0.05) is 23.2 Å². The van der Waals surface area contributed by atoms with Crippen molar-refractivity contribution in [2.24, 2.45) is 0 Å². The Bertz CT molecular complexity index is 1290. The summed E-state index contributed by atoms with van der Waals surface area (Å²) < 4.78 is 52.7. The van der Waals surface area contributed by atoms with Crippen molar-refractivity contribution in [2.45, 2.75) is 11.5 Å². The maximum atomic E-state index is 13.7. The van der Waals surface area contributed by atoms with Crippen molar-refractivity contribution >= 4 is 56.2 Å². The molecule has 0 saturated heterocycles. The van der Waals surface area contributed by atoms with Gasteiger partial charge in [0.05, 0.1) is 23.4 Å². The van der Waals surface area contributed by atoms with Crippen LogP contribution in [0, 0.1) is 5.95 Å². The monoisotopic (exact) mass is 488 g/mol. The van der Waals surface area contributed by atoms with Crippen molar-refractivity contribution < 1.29 is 27.1 Å². The van der Waals surface area contributed by atoms with Crippen LogP contribution in [0.1, 0.15) is 15.9 Å². The Hall–Kier alpha value is -2.40. The van der Waals surface area contributed by atoms with Gasteiger partial charge in [0, 0.05) is 28.3 Å². The van der Waals surface area contributed by atoms with Crippen LogP contribution in [-0.2, 0) is 21.4 Å². The summed E-state index contributed by atoms with van der Waals surface area (Å²) in [5.41, 5.74) is 0.764. The van der Waals surface area contributed by atoms with Gasteiger partial charge in [-0.2, -0.15) is 4.39 Å². The van der Waals surface area contributed by atoms with Gasteiger partial charge in [-0.25, -0.2) is 18.2 Å². The molecule has 0 aliphatic carbocycles. The molecule has 12 heteroatoms. The van der Waals surface area contributed by atoms with Crippen LogP contribution in [0.3, 0.4) is 0 Å². The zero-order chi connectivity index (χ0) is 21.6. The third kappa shape index (κ3) is 3.71. The van der Waals surface area contributed by atoms with Gasteiger partial charge in [0.1, 0.15) is 15.8 Å². The minimum absolute atomic E-state index is 0.0991. The minimum Gasteiger partial charge on any atom is -0.494 e. The molecule has 7 nitrogen and oxygen atoms in total. The summed E-state index contributed by atoms with van der Waals surface area (Å²) in [6, 6.07) is 4.93. The van der Waals surface area contributed by atoms with E-state index in [1.807, 2.05) is 0 Å². The molecule has 4 bridgehead atoms. The SMILES string of the molecule is COc1c(Cl)cc2cc1S(=O)(=O)Nc1cc(sc1Cl)-c1cnc(F)cc1COC2=O. The summed E-state index contributed by atoms with van der Waals surface area (Å²) in [5, 5.41) is -0.102. The first-order valence-corrected chi connectivity index (χ1v) is 11.3. The van der Waals surface area contributed by atoms with Gasteiger partial charge in [0.2, 0.25) is 5.95 Å². The number of esters is 1. The topological polar surface area (TPSA) is 94.6 Å². The Morgan fingerprint density at radius 3 is 2.77 bits per heavy atom. The number of pyridine rings is 1. The molecule has 30 heavy (non-hydrogen) atoms. The van der Waals surface area contributed by atoms with Gasteiger partial charge in [-0.3, -0.25) is 4.72 Å². The Balaban J connectivity index is 1.97. The molecule has 2 aromatic heterocycles. The summed E-state index contributed by atoms with van der Waals surface area (Å²) in [6.07, 6.45) is 1.26. The number of cyclic esters (lactones) is 1. The number of fused-ring (bicyclic) bond motifs is 6. The van der Waals surface area contributed by atoms with Crippen LogP contribution in [-0.4, -0.2) is 26.5 Å². The molecular formula is C18H11Cl2FN2O5S2. The molecule has 0 atom stereocenters. The normalized spacial score (nSPS) is 15.0. The van der Waals surface area contributed by atoms with E-state index in [0.29, 0.717) is 16.0 Å². The van der Waals surface area contributed by atoms with Crippen molar-refractivity contribution in [3.63, 3.8) is 0 Å². The number of sulfonamides is 1. The highest BCUT2D eigenvalue weighted by atomic mass is 35.5. The van der Waals surface area contributed by atoms with Crippen molar-refractivity contribution in [3.8, 4) is 16.2 Å². The number of carbonyl (C=O) groups excluding carboxylic acids is 1. The van der Waals surface area contributed by atoms with Gasteiger partial charge in [0.25, 0.3) is 10.0 Å². The van der Waals surface area contributed by atoms with Crippen molar-refractivity contribution in [1.29, 1.82) is 0 Å². The number of nitrogens with one attached hydrogen (secondary N) is 1. The predicted molar refractivity (Wildman–Crippen MR) is 110 cm³/mol. The number of carbonyl (C=O) groups is 1. The number of rotatable bonds is 1. The molecule has 3 aromatic rings. The average molecular weight is 489 g/mol. The van der Waals surface area contributed by atoms with E-state index < -0.39 is 21.9 Å². The fourth-order valence-corrected chi connectivity index (χ4v) is 5.88. The molecule has 4 rings (SSSR count). The van der Waals surface area contributed by atoms with Crippen molar-refractivity contribution in [3.05, 3.63) is 56.9 Å². The number of hydrogen-bond acceptors (Lipinski definition) is 7. The lowest BCUT2D eigenvalue weighted by Gasteiger charge is -2.14. The Morgan fingerprint density at radius 2 is 2.03 bits per heavy atom. The molecule has 0 fully saturated rings. The molecule has 1 N–H and O–H groups in total. The number of aromatic nitrogens is 1. The molecule has 1 aromatic carbocycles. The van der Waals surface area contributed by atoms with Gasteiger partial charge in [-0.15, -0.1) is 11.3 Å². The number of ether oxygens (including phenoxy) is 2. The molecular weight excluding hydrogens is 478 g/mol. The third-order valence-electron chi connectivity index (χ3n) is 4.25. The molecule has 0 spiro atoms. The number of halogens is 3. The second-order valence-electron chi connectivity index (χ2n) is 6.13. The highest BCUT2D eigenvalue weighted by Crippen LogP contribution is 2.42. The minimum atomic E-state index is -4.24. The fourth-order valence-electron chi connectivity index (χ4n) is 2.89. The quantitative estimate of drug-likeness (QED) is 0.392. The van der Waals surface area contributed by atoms with Crippen molar-refractivity contribution in [2.75, 3.05) is 11.8 Å². The van der Waals surface area contributed by atoms with Crippen LogP contribution >= 0.6 is 34.5 Å². The fraction of sp³-hybridized carbons (Fsp3) is 0.111. The number of methoxy groups -OCH3 is 1. The molecule has 1 aliphatic heterocycles. The Kier molecular flexibility index (Phi) is 5.35. The number of benzene rings is 1. The van der Waals surface area contributed by atoms with E-state index in [1.165, 1.54) is 25.4 Å². The average Bonchev–Trinajstić information content (AvgIpc) is 3.04. The maximum Gasteiger partial charge on any atom is 0.338 e. The van der Waals surface area contributed by atoms with Gasteiger partial charge < -0.3 is 9.47 Å². The second-order valence-corrected chi connectivity index (χ2v) is 9.85. The van der Waals surface area contributed by atoms with Crippen LogP contribution < -0.4 is 9.46 Å². The molecule has 156 valence electrons. The van der Waals surface area contributed by atoms with E-state index in [1.54, 1.807) is 0 Å². The molecule has 0 unspecified atom stereocenters. The smallest absolute Gasteiger partial charge is 0.338 e. The van der Waals surface area contributed by atoms with Crippen LogP contribution in [0.25, 0.3) is 10.4 Å². The number of anilines is 1. The summed E-state index contributed by atoms with van der Waals surface area (Å²) in [7, 11) is -2.99. The number of thiophene rings is 1. The lowest BCUT2D eigenvalue weighted by molar-refractivity contribution is 0.0472. The van der Waals surface area contributed by atoms with E-state index in [2.05, 4.69) is 9.71 Å². The summed E-state index contributed by atoms with van der Waals surface area (Å²) >= 11 is 13.4. The summed E-state index contributed by atoms with van der Waals surface area (Å²) in [4.78, 5) is 16.3. The Morgan fingerprint density at radius 1 is 1.27 bits per heavy atom. The maximum absolute atomic E-state index is 13.7. The summed E-state index contributed by atoms with van der Waals surface area (Å²) in [5.74, 6) is -1.74. The highest BCUT2D eigenvalue weighted by molar-refractivity contribution is 7.92. The van der Waals surface area contributed by atoms with Gasteiger partial charge >= 0.3 is 5.97 Å². The lowest BCUT2D eigenvalue weighted by Crippen LogP contribution is -2.15. The molecule has 0 amide bonds. The van der Waals surface area contributed by atoms with Crippen molar-refractivity contribution in [1.82, 2.24) is 4.98 Å². The first-order valence-electron chi connectivity index (χ1n) is 8.21. The van der Waals surface area contributed by atoms with E-state index in [9.17, 15) is 17.6 Å². The lowest BCUT2D eigenvalue weighted by atomic mass is 10.1. The van der Waals surface area contributed by atoms with E-state index >= 15 is 0 Å². The first-order chi connectivity index (χ1) is 14.2. The van der Waals surface area contributed by atoms with E-state index in [0.717, 1.165) is 23.5 Å². The predicted octanol–water partition coefficient (Wildman–Crippen LogP) is 4.74. The molecule has 0 radical (unpaired) electrons. The first kappa shape index (κ1) is 20.9. The number of hydrogen-bond donors (Lipinski definition) is 1.